The Morgan fingerprint density at radius 3 is 2.48 bits per heavy atom. The van der Waals surface area contributed by atoms with Gasteiger partial charge in [0.15, 0.2) is 0 Å². The molecule has 5 rings (SSSR count). The van der Waals surface area contributed by atoms with Crippen LogP contribution in [0.25, 0.3) is 0 Å². The van der Waals surface area contributed by atoms with Crippen molar-refractivity contribution in [2.24, 2.45) is 0 Å². The molecule has 0 unspecified atom stereocenters. The Morgan fingerprint density at radius 1 is 1.00 bits per heavy atom. The number of hydrogen-bond acceptors (Lipinski definition) is 3. The van der Waals surface area contributed by atoms with E-state index in [-0.39, 0.29) is 5.91 Å². The van der Waals surface area contributed by atoms with Crippen molar-refractivity contribution in [3.8, 4) is 11.5 Å². The molecule has 5 heteroatoms. The molecule has 29 heavy (non-hydrogen) atoms. The van der Waals surface area contributed by atoms with E-state index in [1.54, 1.807) is 6.07 Å². The second-order valence-corrected chi connectivity index (χ2v) is 7.93. The van der Waals surface area contributed by atoms with Crippen LogP contribution in [0.15, 0.2) is 60.7 Å². The van der Waals surface area contributed by atoms with Crippen LogP contribution in [0.5, 0.6) is 11.5 Å². The first-order chi connectivity index (χ1) is 14.3. The summed E-state index contributed by atoms with van der Waals surface area (Å²) in [6.45, 7) is 1.25. The first kappa shape index (κ1) is 18.0. The number of ether oxygens (including phenoxy) is 1. The van der Waals surface area contributed by atoms with Crippen LogP contribution in [0.4, 0.5) is 0 Å². The third-order valence-electron chi connectivity index (χ3n) is 5.53. The minimum atomic E-state index is -0.126. The molecule has 2 aromatic carbocycles. The van der Waals surface area contributed by atoms with E-state index in [2.05, 4.69) is 16.1 Å². The minimum Gasteiger partial charge on any atom is -0.457 e. The molecule has 1 aromatic heterocycles. The molecule has 1 amide bonds. The molecule has 2 fully saturated rings. The maximum atomic E-state index is 12.8. The summed E-state index contributed by atoms with van der Waals surface area (Å²) in [4.78, 5) is 12.8. The summed E-state index contributed by atoms with van der Waals surface area (Å²) >= 11 is 0. The van der Waals surface area contributed by atoms with Crippen molar-refractivity contribution < 1.29 is 9.53 Å². The van der Waals surface area contributed by atoms with Gasteiger partial charge in [-0.1, -0.05) is 30.3 Å². The zero-order valence-corrected chi connectivity index (χ0v) is 16.4. The summed E-state index contributed by atoms with van der Waals surface area (Å²) in [5, 5.41) is 7.85. The molecule has 0 atom stereocenters. The van der Waals surface area contributed by atoms with Crippen molar-refractivity contribution in [2.75, 3.05) is 6.54 Å². The Kier molecular flexibility index (Phi) is 4.80. The monoisotopic (exact) mass is 387 g/mol. The van der Waals surface area contributed by atoms with Crippen LogP contribution in [0.3, 0.4) is 0 Å². The number of hydrogen-bond donors (Lipinski definition) is 1. The number of nitrogens with one attached hydrogen (secondary N) is 1. The first-order valence-electron chi connectivity index (χ1n) is 10.5. The third kappa shape index (κ3) is 4.19. The van der Waals surface area contributed by atoms with Crippen LogP contribution in [0.1, 0.15) is 59.3 Å². The number of amides is 1. The van der Waals surface area contributed by atoms with Crippen LogP contribution < -0.4 is 10.1 Å². The van der Waals surface area contributed by atoms with E-state index in [0.717, 1.165) is 0 Å². The van der Waals surface area contributed by atoms with Crippen LogP contribution in [0, 0.1) is 0 Å². The summed E-state index contributed by atoms with van der Waals surface area (Å²) < 4.78 is 8.02. The van der Waals surface area contributed by atoms with Gasteiger partial charge in [0.25, 0.3) is 5.91 Å². The fourth-order valence-corrected chi connectivity index (χ4v) is 3.65. The molecule has 2 aliphatic carbocycles. The molecular formula is C24H25N3O2. The molecule has 148 valence electrons. The molecular weight excluding hydrogens is 362 g/mol. The number of carbonyl (C=O) groups excluding carboxylic acids is 1. The Bertz CT molecular complexity index is 1000. The number of carbonyl (C=O) groups is 1. The van der Waals surface area contributed by atoms with Gasteiger partial charge in [0.05, 0.1) is 17.8 Å². The van der Waals surface area contributed by atoms with Crippen molar-refractivity contribution in [1.82, 2.24) is 15.1 Å². The van der Waals surface area contributed by atoms with Crippen molar-refractivity contribution >= 4 is 5.91 Å². The summed E-state index contributed by atoms with van der Waals surface area (Å²) in [5.74, 6) is 2.46. The van der Waals surface area contributed by atoms with E-state index in [0.29, 0.717) is 42.0 Å². The van der Waals surface area contributed by atoms with Crippen molar-refractivity contribution in [2.45, 2.75) is 44.1 Å². The highest BCUT2D eigenvalue weighted by Crippen LogP contribution is 2.44. The lowest BCUT2D eigenvalue weighted by Gasteiger charge is -2.12. The van der Waals surface area contributed by atoms with E-state index in [9.17, 15) is 4.79 Å². The van der Waals surface area contributed by atoms with E-state index < -0.39 is 0 Å². The predicted octanol–water partition coefficient (Wildman–Crippen LogP) is 4.86. The highest BCUT2D eigenvalue weighted by atomic mass is 16.5. The molecule has 0 saturated heterocycles. The third-order valence-corrected chi connectivity index (χ3v) is 5.53. The normalized spacial score (nSPS) is 15.9. The molecule has 5 nitrogen and oxygen atoms in total. The van der Waals surface area contributed by atoms with Gasteiger partial charge in [0.2, 0.25) is 0 Å². The first-order valence-corrected chi connectivity index (χ1v) is 10.5. The maximum absolute atomic E-state index is 12.8. The van der Waals surface area contributed by atoms with Crippen molar-refractivity contribution in [1.29, 1.82) is 0 Å². The van der Waals surface area contributed by atoms with E-state index >= 15 is 0 Å². The van der Waals surface area contributed by atoms with Crippen LogP contribution >= 0.6 is 0 Å². The lowest BCUT2D eigenvalue weighted by Crippen LogP contribution is -2.28. The standard InChI is InChI=1S/C24H25N3O2/c28-24(20-8-4-5-9-23(20)29-19-6-2-1-3-7-19)25-14-15-27-22(18-12-13-18)16-21(26-27)17-10-11-17/h1-9,16-18H,10-15H2,(H,25,28). The Hall–Kier alpha value is -3.08. The minimum absolute atomic E-state index is 0.126. The zero-order valence-electron chi connectivity index (χ0n) is 16.4. The fourth-order valence-electron chi connectivity index (χ4n) is 3.65. The molecule has 0 aliphatic heterocycles. The van der Waals surface area contributed by atoms with Gasteiger partial charge in [-0.15, -0.1) is 0 Å². The zero-order chi connectivity index (χ0) is 19.6. The van der Waals surface area contributed by atoms with Crippen LogP contribution in [-0.4, -0.2) is 22.2 Å². The van der Waals surface area contributed by atoms with Crippen LogP contribution in [0.2, 0.25) is 0 Å². The molecule has 2 aliphatic rings. The molecule has 1 N–H and O–H groups in total. The molecule has 0 spiro atoms. The van der Waals surface area contributed by atoms with E-state index in [1.807, 2.05) is 48.5 Å². The number of aromatic nitrogens is 2. The SMILES string of the molecule is O=C(NCCn1nc(C2CC2)cc1C1CC1)c1ccccc1Oc1ccccc1. The lowest BCUT2D eigenvalue weighted by molar-refractivity contribution is 0.0949. The summed E-state index contributed by atoms with van der Waals surface area (Å²) in [6, 6.07) is 19.2. The summed E-state index contributed by atoms with van der Waals surface area (Å²) in [7, 11) is 0. The Labute approximate surface area is 170 Å². The van der Waals surface area contributed by atoms with Gasteiger partial charge in [-0.25, -0.2) is 0 Å². The fraction of sp³-hybridized carbons (Fsp3) is 0.333. The Balaban J connectivity index is 1.24. The quantitative estimate of drug-likeness (QED) is 0.600. The largest absolute Gasteiger partial charge is 0.457 e. The smallest absolute Gasteiger partial charge is 0.255 e. The highest BCUT2D eigenvalue weighted by molar-refractivity contribution is 5.97. The molecule has 2 saturated carbocycles. The van der Waals surface area contributed by atoms with Gasteiger partial charge in [-0.05, 0) is 56.0 Å². The van der Waals surface area contributed by atoms with Crippen LogP contribution in [-0.2, 0) is 6.54 Å². The van der Waals surface area contributed by atoms with E-state index in [1.165, 1.54) is 37.1 Å². The maximum Gasteiger partial charge on any atom is 0.255 e. The van der Waals surface area contributed by atoms with Gasteiger partial charge in [0, 0.05) is 24.1 Å². The topological polar surface area (TPSA) is 56.2 Å². The number of nitrogens with zero attached hydrogens (tertiary/aromatic N) is 2. The highest BCUT2D eigenvalue weighted by Gasteiger charge is 2.32. The molecule has 0 bridgehead atoms. The average molecular weight is 387 g/mol. The molecule has 0 radical (unpaired) electrons. The number of rotatable bonds is 8. The van der Waals surface area contributed by atoms with Gasteiger partial charge < -0.3 is 10.1 Å². The van der Waals surface area contributed by atoms with Gasteiger partial charge >= 0.3 is 0 Å². The number of para-hydroxylation sites is 2. The van der Waals surface area contributed by atoms with E-state index in [4.69, 9.17) is 9.84 Å². The molecule has 3 aromatic rings. The predicted molar refractivity (Wildman–Crippen MR) is 111 cm³/mol. The van der Waals surface area contributed by atoms with Crippen molar-refractivity contribution in [3.63, 3.8) is 0 Å². The second kappa shape index (κ2) is 7.74. The Morgan fingerprint density at radius 2 is 1.72 bits per heavy atom. The number of benzene rings is 2. The van der Waals surface area contributed by atoms with Gasteiger partial charge in [-0.2, -0.15) is 5.10 Å². The summed E-state index contributed by atoms with van der Waals surface area (Å²) in [6.07, 6.45) is 5.03. The molecule has 1 heterocycles. The van der Waals surface area contributed by atoms with Gasteiger partial charge in [-0.3, -0.25) is 9.48 Å². The van der Waals surface area contributed by atoms with Crippen molar-refractivity contribution in [3.05, 3.63) is 77.6 Å². The summed E-state index contributed by atoms with van der Waals surface area (Å²) in [5.41, 5.74) is 3.12. The van der Waals surface area contributed by atoms with Gasteiger partial charge in [0.1, 0.15) is 11.5 Å². The average Bonchev–Trinajstić information content (AvgIpc) is 3.68. The second-order valence-electron chi connectivity index (χ2n) is 7.93. The lowest BCUT2D eigenvalue weighted by atomic mass is 10.2.